The number of pyridine rings is 1. The Kier molecular flexibility index (Phi) is 10.9. The first kappa shape index (κ1) is 40.2. The van der Waals surface area contributed by atoms with Gasteiger partial charge in [-0.3, -0.25) is 14.4 Å². The molecule has 2 aliphatic rings. The molecular formula is C42H41F4N9O5. The second kappa shape index (κ2) is 16.2. The van der Waals surface area contributed by atoms with E-state index in [2.05, 4.69) is 15.4 Å². The number of nitrogens with zero attached hydrogens (tertiary/aromatic N) is 8. The molecule has 0 radical (unpaired) electrons. The number of benzene rings is 2. The van der Waals surface area contributed by atoms with Crippen molar-refractivity contribution in [3.05, 3.63) is 117 Å². The molecule has 8 rings (SSSR count). The van der Waals surface area contributed by atoms with Gasteiger partial charge in [0.1, 0.15) is 24.7 Å². The number of carbonyl (C=O) groups is 2. The maximum absolute atomic E-state index is 14.8. The third-order valence-corrected chi connectivity index (χ3v) is 10.9. The zero-order chi connectivity index (χ0) is 42.3. The second-order valence-corrected chi connectivity index (χ2v) is 14.6. The van der Waals surface area contributed by atoms with Gasteiger partial charge in [-0.05, 0) is 49.1 Å². The smallest absolute Gasteiger partial charge is 0.419 e. The molecular weight excluding hydrogens is 787 g/mol. The Morgan fingerprint density at radius 2 is 1.80 bits per heavy atom. The SMILES string of the molecule is CCc1c(N2CCN(C(=O)c3ncc4c(ccn4C)c3OCc3ccccc3)CC2)c(=O)n2nc(C3=CCOCC3)nc2n1CC(=O)Nc1ccc(C(F)(F)F)c(F)c1C. The summed E-state index contributed by atoms with van der Waals surface area (Å²) in [5, 5.41) is 7.87. The van der Waals surface area contributed by atoms with Crippen molar-refractivity contribution in [3.63, 3.8) is 0 Å². The highest BCUT2D eigenvalue weighted by atomic mass is 19.4. The van der Waals surface area contributed by atoms with E-state index in [4.69, 9.17) is 14.5 Å². The summed E-state index contributed by atoms with van der Waals surface area (Å²) >= 11 is 0. The Morgan fingerprint density at radius 3 is 2.50 bits per heavy atom. The molecule has 0 spiro atoms. The number of hydrogen-bond donors (Lipinski definition) is 1. The number of nitrogens with one attached hydrogen (secondary N) is 1. The van der Waals surface area contributed by atoms with Crippen molar-refractivity contribution >= 4 is 45.4 Å². The van der Waals surface area contributed by atoms with Crippen LogP contribution in [-0.2, 0) is 42.3 Å². The van der Waals surface area contributed by atoms with Crippen LogP contribution in [0.4, 0.5) is 28.9 Å². The lowest BCUT2D eigenvalue weighted by Crippen LogP contribution is -2.51. The molecule has 0 saturated carbocycles. The number of carbonyl (C=O) groups excluding carboxylic acids is 2. The zero-order valence-electron chi connectivity index (χ0n) is 33.1. The summed E-state index contributed by atoms with van der Waals surface area (Å²) in [5.41, 5.74) is 0.944. The van der Waals surface area contributed by atoms with Crippen LogP contribution in [-0.4, -0.2) is 84.8 Å². The van der Waals surface area contributed by atoms with Crippen molar-refractivity contribution in [2.75, 3.05) is 49.6 Å². The van der Waals surface area contributed by atoms with Crippen molar-refractivity contribution in [1.29, 1.82) is 0 Å². The highest BCUT2D eigenvalue weighted by Crippen LogP contribution is 2.35. The van der Waals surface area contributed by atoms with Crippen molar-refractivity contribution < 1.29 is 36.6 Å². The molecule has 0 bridgehead atoms. The van der Waals surface area contributed by atoms with Gasteiger partial charge in [0, 0.05) is 56.1 Å². The molecule has 6 aromatic rings. The Labute approximate surface area is 340 Å². The largest absolute Gasteiger partial charge is 0.486 e. The normalized spacial score (nSPS) is 14.8. The quantitative estimate of drug-likeness (QED) is 0.170. The van der Waals surface area contributed by atoms with Crippen LogP contribution in [0.15, 0.2) is 71.8 Å². The zero-order valence-corrected chi connectivity index (χ0v) is 33.1. The molecule has 2 aliphatic heterocycles. The standard InChI is InChI=1S/C42H41F4N9O5/c1-4-31-36(52-16-18-53(19-17-52)39(57)35-37(60-24-26-8-6-5-7-9-26)28-12-15-51(3)32(28)22-47-35)40(58)55-41(49-38(50-55)27-13-20-59-21-14-27)54(31)23-33(56)48-30-11-10-29(42(44,45)46)34(43)25(30)2/h5-13,15,22H,4,14,16-21,23-24H2,1-3H3,(H,48,56). The summed E-state index contributed by atoms with van der Waals surface area (Å²) in [7, 11) is 1.89. The van der Waals surface area contributed by atoms with E-state index in [-0.39, 0.29) is 79.3 Å². The number of halogens is 4. The van der Waals surface area contributed by atoms with Crippen LogP contribution < -0.4 is 20.5 Å². The molecule has 0 atom stereocenters. The molecule has 0 unspecified atom stereocenters. The molecule has 60 heavy (non-hydrogen) atoms. The summed E-state index contributed by atoms with van der Waals surface area (Å²) in [6, 6.07) is 13.1. The number of amides is 2. The monoisotopic (exact) mass is 827 g/mol. The van der Waals surface area contributed by atoms with E-state index >= 15 is 0 Å². The molecule has 6 heterocycles. The lowest BCUT2D eigenvalue weighted by Gasteiger charge is -2.36. The molecule has 14 nitrogen and oxygen atoms in total. The first-order chi connectivity index (χ1) is 28.8. The summed E-state index contributed by atoms with van der Waals surface area (Å²) < 4.78 is 71.3. The molecule has 4 aromatic heterocycles. The van der Waals surface area contributed by atoms with Gasteiger partial charge in [-0.1, -0.05) is 43.3 Å². The van der Waals surface area contributed by atoms with E-state index in [9.17, 15) is 31.9 Å². The Hall–Kier alpha value is -6.56. The Morgan fingerprint density at radius 1 is 1.03 bits per heavy atom. The van der Waals surface area contributed by atoms with Gasteiger partial charge in [-0.15, -0.1) is 5.10 Å². The fourth-order valence-electron chi connectivity index (χ4n) is 7.69. The fourth-order valence-corrected chi connectivity index (χ4v) is 7.69. The van der Waals surface area contributed by atoms with Crippen molar-refractivity contribution in [3.8, 4) is 5.75 Å². The first-order valence-electron chi connectivity index (χ1n) is 19.4. The summed E-state index contributed by atoms with van der Waals surface area (Å²) in [5.74, 6) is -1.77. The lowest BCUT2D eigenvalue weighted by atomic mass is 10.1. The van der Waals surface area contributed by atoms with Gasteiger partial charge in [0.15, 0.2) is 17.3 Å². The number of alkyl halides is 3. The average Bonchev–Trinajstić information content (AvgIpc) is 3.87. The number of aryl methyl sites for hydroxylation is 1. The minimum absolute atomic E-state index is 0.0766. The molecule has 2 amide bonds. The lowest BCUT2D eigenvalue weighted by molar-refractivity contribution is -0.140. The van der Waals surface area contributed by atoms with Crippen molar-refractivity contribution in [2.24, 2.45) is 7.05 Å². The van der Waals surface area contributed by atoms with Crippen LogP contribution in [0, 0.1) is 12.7 Å². The number of piperazine rings is 1. The number of ether oxygens (including phenoxy) is 2. The molecule has 2 aromatic carbocycles. The predicted octanol–water partition coefficient (Wildman–Crippen LogP) is 5.79. The van der Waals surface area contributed by atoms with Crippen LogP contribution in [0.2, 0.25) is 0 Å². The van der Waals surface area contributed by atoms with E-state index in [1.54, 1.807) is 15.7 Å². The highest BCUT2D eigenvalue weighted by molar-refractivity contribution is 6.01. The van der Waals surface area contributed by atoms with Crippen LogP contribution in [0.5, 0.6) is 5.75 Å². The predicted molar refractivity (Wildman–Crippen MR) is 214 cm³/mol. The number of hydrogen-bond acceptors (Lipinski definition) is 9. The van der Waals surface area contributed by atoms with Gasteiger partial charge in [-0.2, -0.15) is 22.7 Å². The molecule has 1 saturated heterocycles. The van der Waals surface area contributed by atoms with Crippen LogP contribution in [0.3, 0.4) is 0 Å². The summed E-state index contributed by atoms with van der Waals surface area (Å²) in [4.78, 5) is 55.1. The van der Waals surface area contributed by atoms with Gasteiger partial charge < -0.3 is 33.7 Å². The summed E-state index contributed by atoms with van der Waals surface area (Å²) in [6.45, 7) is 4.47. The molecule has 18 heteroatoms. The van der Waals surface area contributed by atoms with Gasteiger partial charge in [0.25, 0.3) is 11.5 Å². The van der Waals surface area contributed by atoms with Gasteiger partial charge in [0.05, 0.1) is 36.2 Å². The van der Waals surface area contributed by atoms with Gasteiger partial charge >= 0.3 is 6.18 Å². The number of aromatic nitrogens is 6. The van der Waals surface area contributed by atoms with Crippen molar-refractivity contribution in [1.82, 2.24) is 33.6 Å². The minimum atomic E-state index is -4.91. The highest BCUT2D eigenvalue weighted by Gasteiger charge is 2.36. The van der Waals surface area contributed by atoms with Crippen LogP contribution in [0.25, 0.3) is 22.3 Å². The molecule has 1 N–H and O–H groups in total. The van der Waals surface area contributed by atoms with Gasteiger partial charge in [-0.25, -0.2) is 9.37 Å². The maximum atomic E-state index is 14.8. The minimum Gasteiger partial charge on any atom is -0.486 e. The number of fused-ring (bicyclic) bond motifs is 2. The Balaban J connectivity index is 1.10. The fraction of sp³-hybridized carbons (Fsp3) is 0.333. The molecule has 312 valence electrons. The summed E-state index contributed by atoms with van der Waals surface area (Å²) in [6.07, 6.45) is 1.20. The van der Waals surface area contributed by atoms with Crippen LogP contribution >= 0.6 is 0 Å². The molecule has 1 fully saturated rings. The average molecular weight is 828 g/mol. The second-order valence-electron chi connectivity index (χ2n) is 14.6. The van der Waals surface area contributed by atoms with E-state index in [1.807, 2.05) is 72.1 Å². The van der Waals surface area contributed by atoms with Crippen molar-refractivity contribution in [2.45, 2.75) is 46.0 Å². The maximum Gasteiger partial charge on any atom is 0.419 e. The van der Waals surface area contributed by atoms with E-state index in [0.717, 1.165) is 39.5 Å². The van der Waals surface area contributed by atoms with Crippen LogP contribution in [0.1, 0.15) is 52.0 Å². The Bertz CT molecular complexity index is 2720. The number of rotatable bonds is 10. The number of anilines is 2. The third kappa shape index (κ3) is 7.58. The van der Waals surface area contributed by atoms with E-state index < -0.39 is 35.6 Å². The topological polar surface area (TPSA) is 141 Å². The third-order valence-electron chi connectivity index (χ3n) is 10.9. The van der Waals surface area contributed by atoms with E-state index in [0.29, 0.717) is 37.1 Å². The van der Waals surface area contributed by atoms with Gasteiger partial charge in [0.2, 0.25) is 11.7 Å². The van der Waals surface area contributed by atoms with E-state index in [1.165, 1.54) is 0 Å². The molecule has 0 aliphatic carbocycles. The first-order valence-corrected chi connectivity index (χ1v) is 19.4.